The Morgan fingerprint density at radius 1 is 0.958 bits per heavy atom. The minimum atomic E-state index is 0.0360. The lowest BCUT2D eigenvalue weighted by Gasteiger charge is -2.02. The molecule has 0 unspecified atom stereocenters. The van der Waals surface area contributed by atoms with E-state index < -0.39 is 0 Å². The van der Waals surface area contributed by atoms with E-state index in [-0.39, 0.29) is 5.91 Å². The summed E-state index contributed by atoms with van der Waals surface area (Å²) >= 11 is 0. The topological polar surface area (TPSA) is 41.5 Å². The molecule has 1 aromatic carbocycles. The summed E-state index contributed by atoms with van der Waals surface area (Å²) in [6.45, 7) is 2.25. The highest BCUT2D eigenvalue weighted by molar-refractivity contribution is 5.76. The van der Waals surface area contributed by atoms with Crippen molar-refractivity contribution in [3.05, 3.63) is 35.9 Å². The third kappa shape index (κ3) is 11.9. The third-order valence-electron chi connectivity index (χ3n) is 4.19. The molecule has 0 aliphatic carbocycles. The van der Waals surface area contributed by atoms with Gasteiger partial charge in [-0.1, -0.05) is 88.6 Å². The third-order valence-corrected chi connectivity index (χ3v) is 4.19. The number of hydrogen-bond donors (Lipinski definition) is 1. The summed E-state index contributed by atoms with van der Waals surface area (Å²) in [5, 5.41) is 4.02. The predicted octanol–water partition coefficient (Wildman–Crippen LogP) is 5.64. The van der Waals surface area contributed by atoms with Crippen LogP contribution >= 0.6 is 0 Å². The van der Waals surface area contributed by atoms with Crippen LogP contribution in [0.5, 0.6) is 0 Å². The molecule has 0 aliphatic rings. The molecule has 1 N–H and O–H groups in total. The van der Waals surface area contributed by atoms with E-state index in [1.165, 1.54) is 50.5 Å². The molecule has 0 atom stereocenters. The number of nitrogens with zero attached hydrogens (tertiary/aromatic N) is 1. The summed E-state index contributed by atoms with van der Waals surface area (Å²) in [6.07, 6.45) is 15.6. The Balaban J connectivity index is 1.90. The lowest BCUT2D eigenvalue weighted by molar-refractivity contribution is -0.121. The fraction of sp³-hybridized carbons (Fsp3) is 0.619. The van der Waals surface area contributed by atoms with Crippen LogP contribution in [-0.4, -0.2) is 12.1 Å². The molecule has 1 amide bonds. The first-order valence-corrected chi connectivity index (χ1v) is 9.67. The predicted molar refractivity (Wildman–Crippen MR) is 103 cm³/mol. The van der Waals surface area contributed by atoms with Crippen LogP contribution in [0.4, 0.5) is 0 Å². The summed E-state index contributed by atoms with van der Waals surface area (Å²) in [7, 11) is 0. The van der Waals surface area contributed by atoms with Crippen LogP contribution < -0.4 is 5.43 Å². The number of benzene rings is 1. The molecule has 1 aromatic rings. The maximum atomic E-state index is 11.7. The number of rotatable bonds is 14. The highest BCUT2D eigenvalue weighted by Crippen LogP contribution is 2.10. The summed E-state index contributed by atoms with van der Waals surface area (Å²) in [4.78, 5) is 11.7. The average molecular weight is 331 g/mol. The zero-order chi connectivity index (χ0) is 17.3. The number of aryl methyl sites for hydroxylation is 1. The Morgan fingerprint density at radius 3 is 2.25 bits per heavy atom. The van der Waals surface area contributed by atoms with Crippen LogP contribution in [0, 0.1) is 0 Å². The van der Waals surface area contributed by atoms with E-state index in [9.17, 15) is 4.79 Å². The van der Waals surface area contributed by atoms with Gasteiger partial charge in [0.2, 0.25) is 5.91 Å². The summed E-state index contributed by atoms with van der Waals surface area (Å²) < 4.78 is 0. The van der Waals surface area contributed by atoms with E-state index in [2.05, 4.69) is 29.6 Å². The second-order valence-corrected chi connectivity index (χ2v) is 6.45. The average Bonchev–Trinajstić information content (AvgIpc) is 2.61. The number of carbonyl (C=O) groups is 1. The van der Waals surface area contributed by atoms with Gasteiger partial charge in [0, 0.05) is 12.6 Å². The van der Waals surface area contributed by atoms with Crippen molar-refractivity contribution in [3.8, 4) is 0 Å². The second-order valence-electron chi connectivity index (χ2n) is 6.45. The smallest absolute Gasteiger partial charge is 0.240 e. The zero-order valence-electron chi connectivity index (χ0n) is 15.3. The molecule has 134 valence electrons. The van der Waals surface area contributed by atoms with Gasteiger partial charge in [-0.15, -0.1) is 0 Å². The van der Waals surface area contributed by atoms with Crippen molar-refractivity contribution in [1.82, 2.24) is 5.43 Å². The van der Waals surface area contributed by atoms with Crippen molar-refractivity contribution in [2.75, 3.05) is 0 Å². The first-order valence-electron chi connectivity index (χ1n) is 9.67. The minimum absolute atomic E-state index is 0.0360. The highest BCUT2D eigenvalue weighted by atomic mass is 16.2. The van der Waals surface area contributed by atoms with Gasteiger partial charge in [0.05, 0.1) is 0 Å². The van der Waals surface area contributed by atoms with Gasteiger partial charge in [0.1, 0.15) is 0 Å². The summed E-state index contributed by atoms with van der Waals surface area (Å²) in [6, 6.07) is 10.3. The summed E-state index contributed by atoms with van der Waals surface area (Å²) in [5.41, 5.74) is 3.92. The second kappa shape index (κ2) is 14.9. The first-order chi connectivity index (χ1) is 11.8. The van der Waals surface area contributed by atoms with Crippen LogP contribution in [0.15, 0.2) is 35.4 Å². The fourth-order valence-corrected chi connectivity index (χ4v) is 2.71. The Hall–Kier alpha value is -1.64. The molecular weight excluding hydrogens is 296 g/mol. The maximum absolute atomic E-state index is 11.7. The molecule has 24 heavy (non-hydrogen) atoms. The molecule has 0 saturated carbocycles. The molecule has 0 heterocycles. The van der Waals surface area contributed by atoms with E-state index in [0.29, 0.717) is 6.42 Å². The fourth-order valence-electron chi connectivity index (χ4n) is 2.71. The first kappa shape index (κ1) is 20.4. The van der Waals surface area contributed by atoms with E-state index >= 15 is 0 Å². The van der Waals surface area contributed by atoms with Crippen molar-refractivity contribution < 1.29 is 4.79 Å². The van der Waals surface area contributed by atoms with Crippen molar-refractivity contribution in [1.29, 1.82) is 0 Å². The van der Waals surface area contributed by atoms with Gasteiger partial charge in [-0.3, -0.25) is 4.79 Å². The molecule has 3 nitrogen and oxygen atoms in total. The monoisotopic (exact) mass is 330 g/mol. The maximum Gasteiger partial charge on any atom is 0.240 e. The Labute approximate surface area is 147 Å². The van der Waals surface area contributed by atoms with E-state index in [0.717, 1.165) is 25.7 Å². The normalized spacial score (nSPS) is 11.0. The quantitative estimate of drug-likeness (QED) is 0.267. The molecule has 1 rings (SSSR count). The standard InChI is InChI=1S/C21H34N2O/c1-2-3-4-5-6-7-8-9-13-18-21(24)23-22-19-14-17-20-15-11-10-12-16-20/h10-12,15-16,19H,2-9,13-14,17-18H2,1H3,(H,23,24). The van der Waals surface area contributed by atoms with Crippen molar-refractivity contribution >= 4 is 12.1 Å². The van der Waals surface area contributed by atoms with Crippen LogP contribution in [0.2, 0.25) is 0 Å². The highest BCUT2D eigenvalue weighted by Gasteiger charge is 1.99. The van der Waals surface area contributed by atoms with Gasteiger partial charge < -0.3 is 0 Å². The molecular formula is C21H34N2O. The van der Waals surface area contributed by atoms with E-state index in [4.69, 9.17) is 0 Å². The van der Waals surface area contributed by atoms with Gasteiger partial charge >= 0.3 is 0 Å². The number of carbonyl (C=O) groups excluding carboxylic acids is 1. The van der Waals surface area contributed by atoms with Crippen LogP contribution in [0.3, 0.4) is 0 Å². The van der Waals surface area contributed by atoms with Gasteiger partial charge in [-0.2, -0.15) is 5.10 Å². The Kier molecular flexibility index (Phi) is 12.7. The number of nitrogens with one attached hydrogen (secondary N) is 1. The summed E-state index contributed by atoms with van der Waals surface area (Å²) in [5.74, 6) is 0.0360. The van der Waals surface area contributed by atoms with Gasteiger partial charge in [-0.05, 0) is 24.8 Å². The van der Waals surface area contributed by atoms with E-state index in [1.807, 2.05) is 18.2 Å². The molecule has 0 aromatic heterocycles. The zero-order valence-corrected chi connectivity index (χ0v) is 15.3. The van der Waals surface area contributed by atoms with Crippen LogP contribution in [-0.2, 0) is 11.2 Å². The van der Waals surface area contributed by atoms with Crippen LogP contribution in [0.25, 0.3) is 0 Å². The van der Waals surface area contributed by atoms with Crippen molar-refractivity contribution in [2.45, 2.75) is 84.0 Å². The Bertz CT molecular complexity index is 442. The Morgan fingerprint density at radius 2 is 1.58 bits per heavy atom. The van der Waals surface area contributed by atoms with Gasteiger partial charge in [-0.25, -0.2) is 5.43 Å². The lowest BCUT2D eigenvalue weighted by Crippen LogP contribution is -2.16. The van der Waals surface area contributed by atoms with Crippen LogP contribution in [0.1, 0.15) is 83.1 Å². The molecule has 0 aliphatic heterocycles. The van der Waals surface area contributed by atoms with Gasteiger partial charge in [0.15, 0.2) is 0 Å². The van der Waals surface area contributed by atoms with Gasteiger partial charge in [0.25, 0.3) is 0 Å². The molecule has 0 spiro atoms. The van der Waals surface area contributed by atoms with Crippen molar-refractivity contribution in [2.24, 2.45) is 5.10 Å². The number of hydrazone groups is 1. The number of amides is 1. The van der Waals surface area contributed by atoms with Crippen molar-refractivity contribution in [3.63, 3.8) is 0 Å². The molecule has 3 heteroatoms. The molecule has 0 fully saturated rings. The molecule has 0 saturated heterocycles. The minimum Gasteiger partial charge on any atom is -0.273 e. The lowest BCUT2D eigenvalue weighted by atomic mass is 10.1. The van der Waals surface area contributed by atoms with E-state index in [1.54, 1.807) is 6.21 Å². The molecule has 0 radical (unpaired) electrons. The largest absolute Gasteiger partial charge is 0.273 e. The number of unbranched alkanes of at least 4 members (excludes halogenated alkanes) is 8. The molecule has 0 bridgehead atoms. The number of hydrogen-bond acceptors (Lipinski definition) is 2. The SMILES string of the molecule is CCCCCCCCCCCC(=O)NN=CCCc1ccccc1.